The summed E-state index contributed by atoms with van der Waals surface area (Å²) in [6, 6.07) is 2.99. The fraction of sp³-hybridized carbons (Fsp3) is 0.667. The lowest BCUT2D eigenvalue weighted by molar-refractivity contribution is 0.268. The highest BCUT2D eigenvalue weighted by atomic mass is 32.1. The highest BCUT2D eigenvalue weighted by Crippen LogP contribution is 2.15. The predicted octanol–water partition coefficient (Wildman–Crippen LogP) is 2.32. The summed E-state index contributed by atoms with van der Waals surface area (Å²) in [7, 11) is 0. The summed E-state index contributed by atoms with van der Waals surface area (Å²) < 4.78 is 0. The van der Waals surface area contributed by atoms with Crippen molar-refractivity contribution in [1.29, 1.82) is 0 Å². The largest absolute Gasteiger partial charge is 0.311 e. The maximum atomic E-state index is 3.50. The molecule has 1 aliphatic heterocycles. The van der Waals surface area contributed by atoms with E-state index in [1.165, 1.54) is 31.5 Å². The molecule has 84 valence electrons. The van der Waals surface area contributed by atoms with E-state index in [-0.39, 0.29) is 0 Å². The smallest absolute Gasteiger partial charge is 0.0214 e. The lowest BCUT2D eigenvalue weighted by atomic mass is 10.2. The molecular weight excluding hydrogens is 204 g/mol. The van der Waals surface area contributed by atoms with E-state index in [0.717, 1.165) is 19.1 Å². The number of rotatable bonds is 5. The van der Waals surface area contributed by atoms with Crippen LogP contribution in [-0.4, -0.2) is 30.6 Å². The van der Waals surface area contributed by atoms with Gasteiger partial charge in [-0.25, -0.2) is 0 Å². The zero-order valence-corrected chi connectivity index (χ0v) is 10.2. The molecule has 1 aliphatic rings. The van der Waals surface area contributed by atoms with E-state index >= 15 is 0 Å². The first-order valence-corrected chi connectivity index (χ1v) is 6.76. The maximum Gasteiger partial charge on any atom is 0.0214 e. The fourth-order valence-electron chi connectivity index (χ4n) is 2.17. The molecule has 0 spiro atoms. The Balaban J connectivity index is 1.59. The van der Waals surface area contributed by atoms with Crippen LogP contribution < -0.4 is 5.32 Å². The van der Waals surface area contributed by atoms with Crippen molar-refractivity contribution in [2.24, 2.45) is 0 Å². The minimum atomic E-state index is 0.799. The Kier molecular flexibility index (Phi) is 4.18. The van der Waals surface area contributed by atoms with Gasteiger partial charge in [-0.3, -0.25) is 4.90 Å². The van der Waals surface area contributed by atoms with E-state index in [9.17, 15) is 0 Å². The van der Waals surface area contributed by atoms with Crippen LogP contribution in [0.1, 0.15) is 25.3 Å². The Hall–Kier alpha value is -0.380. The Morgan fingerprint density at radius 2 is 2.53 bits per heavy atom. The van der Waals surface area contributed by atoms with E-state index in [4.69, 9.17) is 0 Å². The second-order valence-electron chi connectivity index (χ2n) is 4.34. The molecule has 2 rings (SSSR count). The molecule has 2 nitrogen and oxygen atoms in total. The molecule has 1 unspecified atom stereocenters. The third-order valence-corrected chi connectivity index (χ3v) is 3.91. The van der Waals surface area contributed by atoms with Crippen molar-refractivity contribution in [2.75, 3.05) is 19.6 Å². The summed E-state index contributed by atoms with van der Waals surface area (Å²) >= 11 is 1.77. The first kappa shape index (κ1) is 11.1. The van der Waals surface area contributed by atoms with Crippen molar-refractivity contribution in [1.82, 2.24) is 10.2 Å². The molecule has 0 aromatic carbocycles. The first-order valence-electron chi connectivity index (χ1n) is 5.82. The molecule has 15 heavy (non-hydrogen) atoms. The number of nitrogens with zero attached hydrogens (tertiary/aromatic N) is 1. The van der Waals surface area contributed by atoms with E-state index in [0.29, 0.717) is 0 Å². The van der Waals surface area contributed by atoms with E-state index in [2.05, 4.69) is 34.0 Å². The quantitative estimate of drug-likeness (QED) is 0.772. The third-order valence-electron chi connectivity index (χ3n) is 3.18. The van der Waals surface area contributed by atoms with Gasteiger partial charge in [0.05, 0.1) is 0 Å². The Labute approximate surface area is 96.3 Å². The maximum absolute atomic E-state index is 3.50. The van der Waals surface area contributed by atoms with Crippen LogP contribution in [-0.2, 0) is 6.54 Å². The Morgan fingerprint density at radius 3 is 3.20 bits per heavy atom. The molecule has 3 heteroatoms. The topological polar surface area (TPSA) is 15.3 Å². The summed E-state index contributed by atoms with van der Waals surface area (Å²) in [5.41, 5.74) is 1.41. The number of likely N-dealkylation sites (tertiary alicyclic amines) is 1. The van der Waals surface area contributed by atoms with Crippen molar-refractivity contribution in [3.8, 4) is 0 Å². The number of hydrogen-bond donors (Lipinski definition) is 1. The zero-order valence-electron chi connectivity index (χ0n) is 9.41. The lowest BCUT2D eigenvalue weighted by Gasteiger charge is -2.20. The van der Waals surface area contributed by atoms with Crippen LogP contribution in [0, 0.1) is 0 Å². The molecule has 1 aromatic rings. The minimum absolute atomic E-state index is 0.799. The average Bonchev–Trinajstić information content (AvgIpc) is 2.85. The average molecular weight is 224 g/mol. The molecule has 0 aliphatic carbocycles. The van der Waals surface area contributed by atoms with Gasteiger partial charge in [-0.05, 0) is 48.7 Å². The Morgan fingerprint density at radius 1 is 1.60 bits per heavy atom. The van der Waals surface area contributed by atoms with Gasteiger partial charge >= 0.3 is 0 Å². The molecule has 0 amide bonds. The molecule has 1 aromatic heterocycles. The highest BCUT2D eigenvalue weighted by Gasteiger charge is 2.18. The van der Waals surface area contributed by atoms with E-state index in [1.54, 1.807) is 11.3 Å². The minimum Gasteiger partial charge on any atom is -0.311 e. The van der Waals surface area contributed by atoms with Crippen LogP contribution in [0.5, 0.6) is 0 Å². The highest BCUT2D eigenvalue weighted by molar-refractivity contribution is 7.07. The molecule has 0 saturated carbocycles. The molecule has 1 saturated heterocycles. The molecular formula is C12H20N2S. The normalized spacial score (nSPS) is 22.3. The second-order valence-corrected chi connectivity index (χ2v) is 5.12. The van der Waals surface area contributed by atoms with E-state index in [1.807, 2.05) is 0 Å². The predicted molar refractivity (Wildman–Crippen MR) is 66.3 cm³/mol. The van der Waals surface area contributed by atoms with Crippen LogP contribution >= 0.6 is 11.3 Å². The number of thiophene rings is 1. The monoisotopic (exact) mass is 224 g/mol. The first-order chi connectivity index (χ1) is 7.36. The molecule has 2 heterocycles. The molecule has 0 bridgehead atoms. The summed E-state index contributed by atoms with van der Waals surface area (Å²) in [6.07, 6.45) is 2.76. The zero-order chi connectivity index (χ0) is 10.5. The van der Waals surface area contributed by atoms with Gasteiger partial charge in [-0.2, -0.15) is 11.3 Å². The summed E-state index contributed by atoms with van der Waals surface area (Å²) in [6.45, 7) is 6.96. The van der Waals surface area contributed by atoms with Crippen LogP contribution in [0.4, 0.5) is 0 Å². The summed E-state index contributed by atoms with van der Waals surface area (Å²) in [5, 5.41) is 7.85. The van der Waals surface area contributed by atoms with Crippen LogP contribution in [0.2, 0.25) is 0 Å². The van der Waals surface area contributed by atoms with Crippen molar-refractivity contribution in [2.45, 2.75) is 32.4 Å². The molecule has 1 N–H and O–H groups in total. The van der Waals surface area contributed by atoms with Crippen molar-refractivity contribution in [3.05, 3.63) is 22.4 Å². The SMILES string of the molecule is CC1CCCN1CCNCc1ccsc1. The van der Waals surface area contributed by atoms with Gasteiger partial charge in [-0.1, -0.05) is 0 Å². The van der Waals surface area contributed by atoms with Gasteiger partial charge in [0.1, 0.15) is 0 Å². The van der Waals surface area contributed by atoms with Gasteiger partial charge in [0.15, 0.2) is 0 Å². The van der Waals surface area contributed by atoms with Crippen molar-refractivity contribution in [3.63, 3.8) is 0 Å². The molecule has 0 radical (unpaired) electrons. The van der Waals surface area contributed by atoms with Gasteiger partial charge in [-0.15, -0.1) is 0 Å². The van der Waals surface area contributed by atoms with Crippen molar-refractivity contribution >= 4 is 11.3 Å². The summed E-state index contributed by atoms with van der Waals surface area (Å²) in [5.74, 6) is 0. The van der Waals surface area contributed by atoms with Crippen LogP contribution in [0.25, 0.3) is 0 Å². The van der Waals surface area contributed by atoms with Crippen LogP contribution in [0.15, 0.2) is 16.8 Å². The number of nitrogens with one attached hydrogen (secondary N) is 1. The number of hydrogen-bond acceptors (Lipinski definition) is 3. The molecule has 1 fully saturated rings. The van der Waals surface area contributed by atoms with Gasteiger partial charge in [0.2, 0.25) is 0 Å². The lowest BCUT2D eigenvalue weighted by Crippen LogP contribution is -2.34. The summed E-state index contributed by atoms with van der Waals surface area (Å²) in [4.78, 5) is 2.58. The van der Waals surface area contributed by atoms with E-state index < -0.39 is 0 Å². The second kappa shape index (κ2) is 5.64. The van der Waals surface area contributed by atoms with Gasteiger partial charge < -0.3 is 5.32 Å². The Bertz CT molecular complexity index is 271. The van der Waals surface area contributed by atoms with Crippen molar-refractivity contribution < 1.29 is 0 Å². The third kappa shape index (κ3) is 3.30. The molecule has 1 atom stereocenters. The van der Waals surface area contributed by atoms with Gasteiger partial charge in [0, 0.05) is 25.7 Å². The van der Waals surface area contributed by atoms with Crippen LogP contribution in [0.3, 0.4) is 0 Å². The fourth-order valence-corrected chi connectivity index (χ4v) is 2.84. The van der Waals surface area contributed by atoms with Gasteiger partial charge in [0.25, 0.3) is 0 Å². The standard InChI is InChI=1S/C12H20N2S/c1-11-3-2-6-14(11)7-5-13-9-12-4-8-15-10-12/h4,8,10-11,13H,2-3,5-7,9H2,1H3.